The molecule has 1 amide bonds. The van der Waals surface area contributed by atoms with Crippen molar-refractivity contribution >= 4 is 27.5 Å². The van der Waals surface area contributed by atoms with Crippen LogP contribution in [0.15, 0.2) is 39.5 Å². The Morgan fingerprint density at radius 3 is 3.00 bits per heavy atom. The molecule has 5 heteroatoms. The Kier molecular flexibility index (Phi) is 3.58. The van der Waals surface area contributed by atoms with E-state index in [4.69, 9.17) is 4.42 Å². The number of nitrogens with zero attached hydrogens (tertiary/aromatic N) is 1. The fraction of sp³-hybridized carbons (Fsp3) is 0.167. The Morgan fingerprint density at radius 2 is 2.35 bits per heavy atom. The van der Waals surface area contributed by atoms with Gasteiger partial charge in [0.1, 0.15) is 5.76 Å². The number of anilines is 1. The molecule has 88 valence electrons. The molecule has 17 heavy (non-hydrogen) atoms. The fourth-order valence-electron chi connectivity index (χ4n) is 1.41. The number of hydrogen-bond donors (Lipinski definition) is 1. The number of halogens is 1. The number of carbonyl (C=O) groups excluding carboxylic acids is 1. The summed E-state index contributed by atoms with van der Waals surface area (Å²) in [6.07, 6.45) is 1.54. The van der Waals surface area contributed by atoms with Gasteiger partial charge in [-0.3, -0.25) is 4.79 Å². The first-order chi connectivity index (χ1) is 8.15. The SMILES string of the molecule is Cc1ncoc1CC(=O)Nc1cccc(Br)c1. The molecule has 0 radical (unpaired) electrons. The van der Waals surface area contributed by atoms with Crippen LogP contribution in [0.3, 0.4) is 0 Å². The lowest BCUT2D eigenvalue weighted by Crippen LogP contribution is -2.14. The normalized spacial score (nSPS) is 10.2. The van der Waals surface area contributed by atoms with E-state index in [1.54, 1.807) is 0 Å². The van der Waals surface area contributed by atoms with Crippen LogP contribution in [0.2, 0.25) is 0 Å². The van der Waals surface area contributed by atoms with Gasteiger partial charge in [-0.05, 0) is 25.1 Å². The van der Waals surface area contributed by atoms with E-state index in [9.17, 15) is 4.79 Å². The molecule has 0 fully saturated rings. The summed E-state index contributed by atoms with van der Waals surface area (Å²) < 4.78 is 6.04. The van der Waals surface area contributed by atoms with E-state index in [0.29, 0.717) is 5.76 Å². The van der Waals surface area contributed by atoms with Crippen LogP contribution >= 0.6 is 15.9 Å². The van der Waals surface area contributed by atoms with Crippen molar-refractivity contribution in [1.29, 1.82) is 0 Å². The van der Waals surface area contributed by atoms with Gasteiger partial charge in [0.2, 0.25) is 5.91 Å². The van der Waals surface area contributed by atoms with Gasteiger partial charge in [0, 0.05) is 10.2 Å². The number of rotatable bonds is 3. The van der Waals surface area contributed by atoms with Crippen LogP contribution in [0.1, 0.15) is 11.5 Å². The Hall–Kier alpha value is -1.62. The van der Waals surface area contributed by atoms with Gasteiger partial charge in [-0.2, -0.15) is 0 Å². The van der Waals surface area contributed by atoms with Crippen LogP contribution in [0.5, 0.6) is 0 Å². The molecule has 0 aliphatic heterocycles. The monoisotopic (exact) mass is 294 g/mol. The smallest absolute Gasteiger partial charge is 0.232 e. The number of oxazole rings is 1. The van der Waals surface area contributed by atoms with E-state index >= 15 is 0 Å². The predicted molar refractivity (Wildman–Crippen MR) is 67.7 cm³/mol. The molecule has 0 aliphatic rings. The maximum Gasteiger partial charge on any atom is 0.232 e. The molecule has 0 saturated carbocycles. The summed E-state index contributed by atoms with van der Waals surface area (Å²) in [4.78, 5) is 15.7. The highest BCUT2D eigenvalue weighted by atomic mass is 79.9. The zero-order valence-corrected chi connectivity index (χ0v) is 10.8. The molecule has 1 aromatic carbocycles. The van der Waals surface area contributed by atoms with Crippen molar-refractivity contribution < 1.29 is 9.21 Å². The van der Waals surface area contributed by atoms with Crippen molar-refractivity contribution in [3.63, 3.8) is 0 Å². The molecule has 0 spiro atoms. The highest BCUT2D eigenvalue weighted by Gasteiger charge is 2.10. The average molecular weight is 295 g/mol. The zero-order valence-electron chi connectivity index (χ0n) is 9.24. The quantitative estimate of drug-likeness (QED) is 0.947. The number of aromatic nitrogens is 1. The van der Waals surface area contributed by atoms with Crippen molar-refractivity contribution in [3.05, 3.63) is 46.6 Å². The second-order valence-electron chi connectivity index (χ2n) is 3.60. The molecule has 0 bridgehead atoms. The summed E-state index contributed by atoms with van der Waals surface area (Å²) in [5, 5.41) is 2.79. The number of hydrogen-bond acceptors (Lipinski definition) is 3. The number of amides is 1. The van der Waals surface area contributed by atoms with Crippen LogP contribution < -0.4 is 5.32 Å². The molecule has 2 rings (SSSR count). The number of carbonyl (C=O) groups is 1. The van der Waals surface area contributed by atoms with Crippen molar-refractivity contribution in [3.8, 4) is 0 Å². The Bertz CT molecular complexity index is 537. The van der Waals surface area contributed by atoms with Crippen molar-refractivity contribution in [2.45, 2.75) is 13.3 Å². The van der Waals surface area contributed by atoms with E-state index in [2.05, 4.69) is 26.2 Å². The molecule has 0 unspecified atom stereocenters. The Morgan fingerprint density at radius 1 is 1.53 bits per heavy atom. The summed E-state index contributed by atoms with van der Waals surface area (Å²) in [6.45, 7) is 1.81. The first-order valence-corrected chi connectivity index (χ1v) is 5.89. The van der Waals surface area contributed by atoms with Crippen LogP contribution in [0, 0.1) is 6.92 Å². The molecule has 4 nitrogen and oxygen atoms in total. The molecular weight excluding hydrogens is 284 g/mol. The van der Waals surface area contributed by atoms with E-state index in [1.165, 1.54) is 6.39 Å². The molecule has 0 saturated heterocycles. The highest BCUT2D eigenvalue weighted by Crippen LogP contribution is 2.16. The third-order valence-electron chi connectivity index (χ3n) is 2.27. The minimum atomic E-state index is -0.122. The molecule has 1 aromatic heterocycles. The van der Waals surface area contributed by atoms with E-state index < -0.39 is 0 Å². The summed E-state index contributed by atoms with van der Waals surface area (Å²) in [6, 6.07) is 7.43. The van der Waals surface area contributed by atoms with E-state index in [1.807, 2.05) is 31.2 Å². The molecule has 2 aromatic rings. The third-order valence-corrected chi connectivity index (χ3v) is 2.77. The molecular formula is C12H11BrN2O2. The Balaban J connectivity index is 2.01. The van der Waals surface area contributed by atoms with Crippen LogP contribution in [0.25, 0.3) is 0 Å². The average Bonchev–Trinajstić information content (AvgIpc) is 2.64. The highest BCUT2D eigenvalue weighted by molar-refractivity contribution is 9.10. The van der Waals surface area contributed by atoms with Gasteiger partial charge in [-0.25, -0.2) is 4.98 Å². The summed E-state index contributed by atoms with van der Waals surface area (Å²) in [7, 11) is 0. The molecule has 0 aliphatic carbocycles. The zero-order chi connectivity index (χ0) is 12.3. The van der Waals surface area contributed by atoms with Crippen LogP contribution in [-0.4, -0.2) is 10.9 Å². The standard InChI is InChI=1S/C12H11BrN2O2/c1-8-11(17-7-14-8)6-12(16)15-10-4-2-3-9(13)5-10/h2-5,7H,6H2,1H3,(H,15,16). The van der Waals surface area contributed by atoms with Crippen LogP contribution in [-0.2, 0) is 11.2 Å². The lowest BCUT2D eigenvalue weighted by molar-refractivity contribution is -0.115. The van der Waals surface area contributed by atoms with Gasteiger partial charge in [0.25, 0.3) is 0 Å². The largest absolute Gasteiger partial charge is 0.448 e. The van der Waals surface area contributed by atoms with E-state index in [0.717, 1.165) is 15.9 Å². The van der Waals surface area contributed by atoms with Gasteiger partial charge < -0.3 is 9.73 Å². The topological polar surface area (TPSA) is 55.1 Å². The van der Waals surface area contributed by atoms with E-state index in [-0.39, 0.29) is 12.3 Å². The van der Waals surface area contributed by atoms with Crippen molar-refractivity contribution in [1.82, 2.24) is 4.98 Å². The van der Waals surface area contributed by atoms with Gasteiger partial charge in [0.15, 0.2) is 6.39 Å². The predicted octanol–water partition coefficient (Wildman–Crippen LogP) is 2.93. The lowest BCUT2D eigenvalue weighted by Gasteiger charge is -2.04. The number of aryl methyl sites for hydroxylation is 1. The molecule has 1 N–H and O–H groups in total. The first kappa shape index (κ1) is 11.9. The fourth-order valence-corrected chi connectivity index (χ4v) is 1.81. The summed E-state index contributed by atoms with van der Waals surface area (Å²) in [5.41, 5.74) is 1.50. The second kappa shape index (κ2) is 5.14. The maximum absolute atomic E-state index is 11.7. The van der Waals surface area contributed by atoms with Gasteiger partial charge >= 0.3 is 0 Å². The van der Waals surface area contributed by atoms with Crippen molar-refractivity contribution in [2.24, 2.45) is 0 Å². The van der Waals surface area contributed by atoms with Crippen LogP contribution in [0.4, 0.5) is 5.69 Å². The third kappa shape index (κ3) is 3.17. The van der Waals surface area contributed by atoms with Gasteiger partial charge in [0.05, 0.1) is 12.1 Å². The van der Waals surface area contributed by atoms with Crippen molar-refractivity contribution in [2.75, 3.05) is 5.32 Å². The summed E-state index contributed by atoms with van der Waals surface area (Å²) in [5.74, 6) is 0.473. The van der Waals surface area contributed by atoms with Gasteiger partial charge in [-0.15, -0.1) is 0 Å². The van der Waals surface area contributed by atoms with Gasteiger partial charge in [-0.1, -0.05) is 22.0 Å². The number of nitrogens with one attached hydrogen (secondary N) is 1. The first-order valence-electron chi connectivity index (χ1n) is 5.09. The second-order valence-corrected chi connectivity index (χ2v) is 4.51. The minimum absolute atomic E-state index is 0.122. The molecule has 1 heterocycles. The minimum Gasteiger partial charge on any atom is -0.448 e. The molecule has 0 atom stereocenters. The maximum atomic E-state index is 11.7. The number of benzene rings is 1. The lowest BCUT2D eigenvalue weighted by atomic mass is 10.2. The summed E-state index contributed by atoms with van der Waals surface area (Å²) >= 11 is 3.34. The Labute approximate surface area is 107 Å².